The Kier molecular flexibility index (Phi) is 6.67. The first-order valence-electron chi connectivity index (χ1n) is 9.43. The second-order valence-electron chi connectivity index (χ2n) is 6.96. The van der Waals surface area contributed by atoms with Gasteiger partial charge in [0.1, 0.15) is 5.75 Å². The number of likely N-dealkylation sites (tertiary alicyclic amines) is 1. The predicted molar refractivity (Wildman–Crippen MR) is 104 cm³/mol. The normalized spacial score (nSPS) is 17.1. The minimum absolute atomic E-state index is 0.0836. The van der Waals surface area contributed by atoms with Crippen LogP contribution in [0.3, 0.4) is 0 Å². The molecular weight excluding hydrogens is 324 g/mol. The number of ether oxygens (including phenoxy) is 1. The lowest BCUT2D eigenvalue weighted by atomic mass is 9.98. The largest absolute Gasteiger partial charge is 0.483 e. The second kappa shape index (κ2) is 9.39. The number of para-hydroxylation sites is 1. The van der Waals surface area contributed by atoms with Gasteiger partial charge in [0.05, 0.1) is 0 Å². The summed E-state index contributed by atoms with van der Waals surface area (Å²) in [5, 5.41) is 3.22. The van der Waals surface area contributed by atoms with Gasteiger partial charge in [0.2, 0.25) is 0 Å². The fraction of sp³-hybridized carbons (Fsp3) is 0.409. The summed E-state index contributed by atoms with van der Waals surface area (Å²) in [7, 11) is 1.97. The lowest BCUT2D eigenvalue weighted by molar-refractivity contribution is -0.135. The van der Waals surface area contributed by atoms with Crippen molar-refractivity contribution in [1.29, 1.82) is 0 Å². The Balaban J connectivity index is 1.58. The number of benzene rings is 2. The number of hydrogen-bond donors (Lipinski definition) is 1. The number of hydrogen-bond acceptors (Lipinski definition) is 3. The van der Waals surface area contributed by atoms with Crippen LogP contribution < -0.4 is 10.1 Å². The Bertz CT molecular complexity index is 700. The van der Waals surface area contributed by atoms with Crippen molar-refractivity contribution >= 4 is 5.91 Å². The fourth-order valence-electron chi connectivity index (χ4n) is 3.58. The van der Waals surface area contributed by atoms with E-state index in [4.69, 9.17) is 4.74 Å². The highest BCUT2D eigenvalue weighted by Crippen LogP contribution is 2.22. The highest BCUT2D eigenvalue weighted by molar-refractivity contribution is 5.78. The second-order valence-corrected chi connectivity index (χ2v) is 6.96. The van der Waals surface area contributed by atoms with Gasteiger partial charge in [0.25, 0.3) is 5.91 Å². The van der Waals surface area contributed by atoms with Crippen molar-refractivity contribution in [2.45, 2.75) is 19.3 Å². The first-order valence-corrected chi connectivity index (χ1v) is 9.43. The summed E-state index contributed by atoms with van der Waals surface area (Å²) >= 11 is 0. The van der Waals surface area contributed by atoms with E-state index in [9.17, 15) is 4.79 Å². The summed E-state index contributed by atoms with van der Waals surface area (Å²) < 4.78 is 5.91. The number of piperidine rings is 1. The maximum Gasteiger partial charge on any atom is 0.260 e. The van der Waals surface area contributed by atoms with E-state index in [0.29, 0.717) is 5.92 Å². The third-order valence-corrected chi connectivity index (χ3v) is 4.93. The van der Waals surface area contributed by atoms with Crippen LogP contribution in [0.25, 0.3) is 0 Å². The van der Waals surface area contributed by atoms with E-state index < -0.39 is 0 Å². The Morgan fingerprint density at radius 3 is 2.73 bits per heavy atom. The lowest BCUT2D eigenvalue weighted by Crippen LogP contribution is -2.44. The molecule has 1 heterocycles. The predicted octanol–water partition coefficient (Wildman–Crippen LogP) is 3.11. The van der Waals surface area contributed by atoms with Crippen molar-refractivity contribution in [3.8, 4) is 5.75 Å². The molecule has 0 bridgehead atoms. The fourth-order valence-corrected chi connectivity index (χ4v) is 3.58. The van der Waals surface area contributed by atoms with Gasteiger partial charge in [-0.15, -0.1) is 0 Å². The molecule has 1 atom stereocenters. The van der Waals surface area contributed by atoms with E-state index >= 15 is 0 Å². The van der Waals surface area contributed by atoms with Crippen molar-refractivity contribution in [3.63, 3.8) is 0 Å². The highest BCUT2D eigenvalue weighted by Gasteiger charge is 2.23. The average Bonchev–Trinajstić information content (AvgIpc) is 2.68. The van der Waals surface area contributed by atoms with Gasteiger partial charge >= 0.3 is 0 Å². The van der Waals surface area contributed by atoms with Crippen LogP contribution in [0.15, 0.2) is 54.6 Å². The molecule has 1 aliphatic rings. The number of nitrogens with one attached hydrogen (secondary N) is 1. The Morgan fingerprint density at radius 1 is 1.15 bits per heavy atom. The molecule has 2 aromatic carbocycles. The molecule has 4 nitrogen and oxygen atoms in total. The summed E-state index contributed by atoms with van der Waals surface area (Å²) in [6.07, 6.45) is 3.06. The summed E-state index contributed by atoms with van der Waals surface area (Å²) in [4.78, 5) is 14.5. The van der Waals surface area contributed by atoms with Crippen LogP contribution in [0.4, 0.5) is 0 Å². The molecule has 1 amide bonds. The van der Waals surface area contributed by atoms with Crippen molar-refractivity contribution in [2.75, 3.05) is 33.3 Å². The first-order chi connectivity index (χ1) is 12.8. The van der Waals surface area contributed by atoms with Crippen molar-refractivity contribution in [3.05, 3.63) is 65.7 Å². The monoisotopic (exact) mass is 352 g/mol. The van der Waals surface area contributed by atoms with E-state index in [2.05, 4.69) is 23.5 Å². The summed E-state index contributed by atoms with van der Waals surface area (Å²) in [5.41, 5.74) is 2.35. The molecule has 138 valence electrons. The summed E-state index contributed by atoms with van der Waals surface area (Å²) in [6.45, 7) is 2.74. The van der Waals surface area contributed by atoms with Crippen LogP contribution in [0.5, 0.6) is 5.75 Å². The Morgan fingerprint density at radius 2 is 1.92 bits per heavy atom. The molecule has 1 N–H and O–H groups in total. The molecule has 1 fully saturated rings. The molecule has 0 radical (unpaired) electrons. The van der Waals surface area contributed by atoms with E-state index in [1.54, 1.807) is 0 Å². The van der Waals surface area contributed by atoms with Crippen LogP contribution in [0, 0.1) is 5.92 Å². The maximum absolute atomic E-state index is 12.6. The zero-order chi connectivity index (χ0) is 18.2. The number of amides is 1. The maximum atomic E-state index is 12.6. The van der Waals surface area contributed by atoms with Crippen molar-refractivity contribution in [1.82, 2.24) is 10.2 Å². The standard InChI is InChI=1S/C22H28N2O2/c1-23-15-19-10-7-13-24(16-19)22(25)17-26-21-12-6-5-11-20(21)14-18-8-3-2-4-9-18/h2-6,8-9,11-12,19,23H,7,10,13-17H2,1H3. The average molecular weight is 352 g/mol. The lowest BCUT2D eigenvalue weighted by Gasteiger charge is -2.32. The van der Waals surface area contributed by atoms with Gasteiger partial charge in [-0.2, -0.15) is 0 Å². The Labute approximate surface area is 156 Å². The van der Waals surface area contributed by atoms with Gasteiger partial charge in [-0.1, -0.05) is 48.5 Å². The van der Waals surface area contributed by atoms with Gasteiger partial charge in [-0.05, 0) is 49.5 Å². The van der Waals surface area contributed by atoms with Crippen molar-refractivity contribution < 1.29 is 9.53 Å². The Hall–Kier alpha value is -2.33. The van der Waals surface area contributed by atoms with Gasteiger partial charge in [-0.3, -0.25) is 4.79 Å². The molecule has 1 unspecified atom stereocenters. The molecule has 0 saturated carbocycles. The molecule has 2 aromatic rings. The molecule has 0 aromatic heterocycles. The third-order valence-electron chi connectivity index (χ3n) is 4.93. The van der Waals surface area contributed by atoms with E-state index in [1.807, 2.05) is 48.3 Å². The number of carbonyl (C=O) groups is 1. The molecule has 3 rings (SSSR count). The van der Waals surface area contributed by atoms with Gasteiger partial charge in [-0.25, -0.2) is 0 Å². The van der Waals surface area contributed by atoms with Crippen LogP contribution in [-0.2, 0) is 11.2 Å². The zero-order valence-corrected chi connectivity index (χ0v) is 15.5. The first kappa shape index (κ1) is 18.5. The van der Waals surface area contributed by atoms with Gasteiger partial charge in [0, 0.05) is 19.5 Å². The number of rotatable bonds is 7. The van der Waals surface area contributed by atoms with Crippen LogP contribution >= 0.6 is 0 Å². The molecular formula is C22H28N2O2. The SMILES string of the molecule is CNCC1CCCN(C(=O)COc2ccccc2Cc2ccccc2)C1. The summed E-state index contributed by atoms with van der Waals surface area (Å²) in [6, 6.07) is 18.3. The van der Waals surface area contributed by atoms with Crippen LogP contribution in [0.1, 0.15) is 24.0 Å². The minimum atomic E-state index is 0.0836. The molecule has 1 saturated heterocycles. The van der Waals surface area contributed by atoms with Crippen LogP contribution in [-0.4, -0.2) is 44.1 Å². The molecule has 1 aliphatic heterocycles. The molecule has 26 heavy (non-hydrogen) atoms. The van der Waals surface area contributed by atoms with E-state index in [0.717, 1.165) is 43.8 Å². The number of nitrogens with zero attached hydrogens (tertiary/aromatic N) is 1. The van der Waals surface area contributed by atoms with E-state index in [1.165, 1.54) is 12.0 Å². The zero-order valence-electron chi connectivity index (χ0n) is 15.5. The van der Waals surface area contributed by atoms with E-state index in [-0.39, 0.29) is 12.5 Å². The topological polar surface area (TPSA) is 41.6 Å². The van der Waals surface area contributed by atoms with Crippen molar-refractivity contribution in [2.24, 2.45) is 5.92 Å². The van der Waals surface area contributed by atoms with Gasteiger partial charge < -0.3 is 15.0 Å². The summed E-state index contributed by atoms with van der Waals surface area (Å²) in [5.74, 6) is 1.43. The quantitative estimate of drug-likeness (QED) is 0.832. The van der Waals surface area contributed by atoms with Crippen LogP contribution in [0.2, 0.25) is 0 Å². The minimum Gasteiger partial charge on any atom is -0.483 e. The molecule has 0 spiro atoms. The molecule has 4 heteroatoms. The molecule has 0 aliphatic carbocycles. The third kappa shape index (κ3) is 5.09. The smallest absolute Gasteiger partial charge is 0.260 e. The number of carbonyl (C=O) groups excluding carboxylic acids is 1. The van der Waals surface area contributed by atoms with Gasteiger partial charge in [0.15, 0.2) is 6.61 Å². The highest BCUT2D eigenvalue weighted by atomic mass is 16.5.